The molecular weight excluding hydrogens is 355 g/mol. The van der Waals surface area contributed by atoms with Crippen molar-refractivity contribution in [3.05, 3.63) is 96.1 Å². The molecule has 28 heavy (non-hydrogen) atoms. The normalized spacial score (nSPS) is 11.9. The summed E-state index contributed by atoms with van der Waals surface area (Å²) in [6, 6.07) is 22.7. The van der Waals surface area contributed by atoms with Crippen LogP contribution in [0.5, 0.6) is 0 Å². The SMILES string of the molecule is O=C(Nc1ccccc1F)NC(Cc1ccccc1)c1nc2ccccc2[nH]1. The molecule has 0 saturated carbocycles. The van der Waals surface area contributed by atoms with Gasteiger partial charge >= 0.3 is 6.03 Å². The van der Waals surface area contributed by atoms with Crippen LogP contribution in [0.15, 0.2) is 78.9 Å². The molecule has 0 aliphatic carbocycles. The zero-order chi connectivity index (χ0) is 19.3. The van der Waals surface area contributed by atoms with Gasteiger partial charge in [0.25, 0.3) is 0 Å². The molecule has 5 nitrogen and oxygen atoms in total. The Kier molecular flexibility index (Phi) is 5.01. The number of imidazole rings is 1. The van der Waals surface area contributed by atoms with Crippen LogP contribution in [0.1, 0.15) is 17.4 Å². The molecule has 0 saturated heterocycles. The van der Waals surface area contributed by atoms with Crippen LogP contribution in [0.25, 0.3) is 11.0 Å². The fourth-order valence-corrected chi connectivity index (χ4v) is 3.08. The Labute approximate surface area is 161 Å². The van der Waals surface area contributed by atoms with E-state index in [0.29, 0.717) is 12.2 Å². The molecule has 3 N–H and O–H groups in total. The van der Waals surface area contributed by atoms with Crippen LogP contribution in [0.4, 0.5) is 14.9 Å². The number of amides is 2. The molecule has 1 atom stereocenters. The van der Waals surface area contributed by atoms with Crippen LogP contribution in [0.3, 0.4) is 0 Å². The highest BCUT2D eigenvalue weighted by atomic mass is 19.1. The van der Waals surface area contributed by atoms with Crippen LogP contribution in [0.2, 0.25) is 0 Å². The fourth-order valence-electron chi connectivity index (χ4n) is 3.08. The summed E-state index contributed by atoms with van der Waals surface area (Å²) in [5, 5.41) is 5.47. The molecule has 4 aromatic rings. The largest absolute Gasteiger partial charge is 0.340 e. The lowest BCUT2D eigenvalue weighted by Crippen LogP contribution is -2.34. The number of anilines is 1. The Bertz CT molecular complexity index is 1060. The fraction of sp³-hybridized carbons (Fsp3) is 0.0909. The molecule has 0 aliphatic rings. The second-order valence-electron chi connectivity index (χ2n) is 6.46. The van der Waals surface area contributed by atoms with Crippen LogP contribution in [-0.2, 0) is 6.42 Å². The topological polar surface area (TPSA) is 69.8 Å². The van der Waals surface area contributed by atoms with Gasteiger partial charge in [-0.3, -0.25) is 0 Å². The lowest BCUT2D eigenvalue weighted by Gasteiger charge is -2.17. The molecule has 3 aromatic carbocycles. The van der Waals surface area contributed by atoms with Crippen LogP contribution < -0.4 is 10.6 Å². The molecule has 0 spiro atoms. The number of hydrogen-bond acceptors (Lipinski definition) is 2. The van der Waals surface area contributed by atoms with E-state index in [-0.39, 0.29) is 5.69 Å². The van der Waals surface area contributed by atoms with E-state index in [0.717, 1.165) is 16.6 Å². The van der Waals surface area contributed by atoms with Crippen molar-refractivity contribution in [2.24, 2.45) is 0 Å². The second-order valence-corrected chi connectivity index (χ2v) is 6.46. The number of nitrogens with one attached hydrogen (secondary N) is 3. The zero-order valence-electron chi connectivity index (χ0n) is 15.0. The highest BCUT2D eigenvalue weighted by Gasteiger charge is 2.19. The maximum Gasteiger partial charge on any atom is 0.319 e. The predicted octanol–water partition coefficient (Wildman–Crippen LogP) is 4.81. The van der Waals surface area contributed by atoms with E-state index in [1.165, 1.54) is 12.1 Å². The third-order valence-electron chi connectivity index (χ3n) is 4.45. The number of carbonyl (C=O) groups is 1. The highest BCUT2D eigenvalue weighted by molar-refractivity contribution is 5.89. The Morgan fingerprint density at radius 3 is 2.46 bits per heavy atom. The van der Waals surface area contributed by atoms with Gasteiger partial charge in [0.2, 0.25) is 0 Å². The number of hydrogen-bond donors (Lipinski definition) is 3. The van der Waals surface area contributed by atoms with Crippen molar-refractivity contribution in [3.63, 3.8) is 0 Å². The number of nitrogens with zero attached hydrogens (tertiary/aromatic N) is 1. The minimum atomic E-state index is -0.494. The highest BCUT2D eigenvalue weighted by Crippen LogP contribution is 2.20. The summed E-state index contributed by atoms with van der Waals surface area (Å²) in [6.45, 7) is 0. The number of halogens is 1. The summed E-state index contributed by atoms with van der Waals surface area (Å²) < 4.78 is 13.8. The number of carbonyl (C=O) groups excluding carboxylic acids is 1. The van der Waals surface area contributed by atoms with Crippen molar-refractivity contribution in [1.29, 1.82) is 0 Å². The standard InChI is InChI=1S/C22H19FN4O/c23-16-10-4-5-11-17(16)26-22(28)27-20(14-15-8-2-1-3-9-15)21-24-18-12-6-7-13-19(18)25-21/h1-13,20H,14H2,(H,24,25)(H2,26,27,28). The summed E-state index contributed by atoms with van der Waals surface area (Å²) in [6.07, 6.45) is 0.547. The molecule has 0 bridgehead atoms. The Morgan fingerprint density at radius 2 is 1.68 bits per heavy atom. The molecule has 2 amide bonds. The van der Waals surface area contributed by atoms with Gasteiger partial charge in [0.1, 0.15) is 11.6 Å². The van der Waals surface area contributed by atoms with Crippen molar-refractivity contribution >= 4 is 22.8 Å². The van der Waals surface area contributed by atoms with Crippen LogP contribution >= 0.6 is 0 Å². The maximum absolute atomic E-state index is 13.8. The quantitative estimate of drug-likeness (QED) is 0.469. The number of urea groups is 1. The third-order valence-corrected chi connectivity index (χ3v) is 4.45. The number of fused-ring (bicyclic) bond motifs is 1. The summed E-state index contributed by atoms with van der Waals surface area (Å²) in [5.74, 6) is 0.162. The Morgan fingerprint density at radius 1 is 0.964 bits per heavy atom. The van der Waals surface area contributed by atoms with Crippen molar-refractivity contribution in [2.75, 3.05) is 5.32 Å². The summed E-state index contributed by atoms with van der Waals surface area (Å²) in [7, 11) is 0. The zero-order valence-corrected chi connectivity index (χ0v) is 15.0. The molecule has 4 rings (SSSR count). The van der Waals surface area contributed by atoms with E-state index >= 15 is 0 Å². The van der Waals surface area contributed by atoms with Crippen molar-refractivity contribution < 1.29 is 9.18 Å². The monoisotopic (exact) mass is 374 g/mol. The maximum atomic E-state index is 13.8. The number of benzene rings is 3. The summed E-state index contributed by atoms with van der Waals surface area (Å²) >= 11 is 0. The van der Waals surface area contributed by atoms with Gasteiger partial charge in [0.05, 0.1) is 22.8 Å². The number of aromatic nitrogens is 2. The number of H-pyrrole nitrogens is 1. The molecule has 0 fully saturated rings. The molecule has 0 aliphatic heterocycles. The van der Waals surface area contributed by atoms with Gasteiger partial charge in [-0.2, -0.15) is 0 Å². The number of aromatic amines is 1. The molecule has 1 heterocycles. The smallest absolute Gasteiger partial charge is 0.319 e. The Balaban J connectivity index is 1.59. The van der Waals surface area contributed by atoms with Gasteiger partial charge in [-0.25, -0.2) is 14.2 Å². The third kappa shape index (κ3) is 4.01. The van der Waals surface area contributed by atoms with E-state index in [4.69, 9.17) is 0 Å². The predicted molar refractivity (Wildman–Crippen MR) is 108 cm³/mol. The van der Waals surface area contributed by atoms with Gasteiger partial charge in [-0.05, 0) is 36.2 Å². The van der Waals surface area contributed by atoms with Crippen molar-refractivity contribution in [2.45, 2.75) is 12.5 Å². The van der Waals surface area contributed by atoms with E-state index in [1.54, 1.807) is 12.1 Å². The van der Waals surface area contributed by atoms with Gasteiger partial charge in [0, 0.05) is 0 Å². The molecule has 1 aromatic heterocycles. The minimum Gasteiger partial charge on any atom is -0.340 e. The van der Waals surface area contributed by atoms with Crippen LogP contribution in [-0.4, -0.2) is 16.0 Å². The van der Waals surface area contributed by atoms with Crippen LogP contribution in [0, 0.1) is 5.82 Å². The molecule has 0 radical (unpaired) electrons. The van der Waals surface area contributed by atoms with E-state index in [2.05, 4.69) is 20.6 Å². The lowest BCUT2D eigenvalue weighted by atomic mass is 10.1. The molecule has 1 unspecified atom stereocenters. The average molecular weight is 374 g/mol. The van der Waals surface area contributed by atoms with E-state index in [9.17, 15) is 9.18 Å². The minimum absolute atomic E-state index is 0.128. The van der Waals surface area contributed by atoms with E-state index < -0.39 is 17.9 Å². The first-order valence-corrected chi connectivity index (χ1v) is 8.99. The lowest BCUT2D eigenvalue weighted by molar-refractivity contribution is 0.248. The van der Waals surface area contributed by atoms with E-state index in [1.807, 2.05) is 54.6 Å². The van der Waals surface area contributed by atoms with Gasteiger partial charge in [-0.15, -0.1) is 0 Å². The first kappa shape index (κ1) is 17.7. The van der Waals surface area contributed by atoms with Crippen molar-refractivity contribution in [1.82, 2.24) is 15.3 Å². The first-order chi connectivity index (χ1) is 13.7. The summed E-state index contributed by atoms with van der Waals surface area (Å²) in [5.41, 5.74) is 2.90. The second kappa shape index (κ2) is 7.92. The molecule has 140 valence electrons. The molecular formula is C22H19FN4O. The van der Waals surface area contributed by atoms with Gasteiger partial charge in [0.15, 0.2) is 0 Å². The number of para-hydroxylation sites is 3. The Hall–Kier alpha value is -3.67. The number of rotatable bonds is 5. The first-order valence-electron chi connectivity index (χ1n) is 8.99. The average Bonchev–Trinajstić information content (AvgIpc) is 3.14. The molecule has 6 heteroatoms. The van der Waals surface area contributed by atoms with Gasteiger partial charge in [-0.1, -0.05) is 54.6 Å². The van der Waals surface area contributed by atoms with Crippen molar-refractivity contribution in [3.8, 4) is 0 Å². The summed E-state index contributed by atoms with van der Waals surface area (Å²) in [4.78, 5) is 20.4. The van der Waals surface area contributed by atoms with Gasteiger partial charge < -0.3 is 15.6 Å².